The molecule has 1 aromatic rings. The molecule has 20 heavy (non-hydrogen) atoms. The highest BCUT2D eigenvalue weighted by Crippen LogP contribution is 2.35. The zero-order valence-electron chi connectivity index (χ0n) is 12.0. The van der Waals surface area contributed by atoms with Gasteiger partial charge in [0.15, 0.2) is 11.5 Å². The van der Waals surface area contributed by atoms with E-state index in [0.717, 1.165) is 35.8 Å². The van der Waals surface area contributed by atoms with Crippen molar-refractivity contribution in [3.05, 3.63) is 23.8 Å². The van der Waals surface area contributed by atoms with Gasteiger partial charge in [0.1, 0.15) is 6.61 Å². The van der Waals surface area contributed by atoms with E-state index >= 15 is 0 Å². The van der Waals surface area contributed by atoms with Gasteiger partial charge < -0.3 is 14.8 Å². The predicted octanol–water partition coefficient (Wildman–Crippen LogP) is 2.12. The minimum atomic E-state index is -0.108. The molecule has 1 unspecified atom stereocenters. The third-order valence-electron chi connectivity index (χ3n) is 3.37. The van der Waals surface area contributed by atoms with Crippen molar-refractivity contribution in [2.45, 2.75) is 12.8 Å². The number of fused-ring (bicyclic) bond motifs is 1. The third kappa shape index (κ3) is 3.60. The fraction of sp³-hybridized carbons (Fsp3) is 0.533. The largest absolute Gasteiger partial charge is 0.493 e. The smallest absolute Gasteiger partial charge is 0.226 e. The van der Waals surface area contributed by atoms with Crippen molar-refractivity contribution in [3.8, 4) is 11.5 Å². The first-order valence-electron chi connectivity index (χ1n) is 6.81. The van der Waals surface area contributed by atoms with Gasteiger partial charge in [0, 0.05) is 6.54 Å². The fourth-order valence-electron chi connectivity index (χ4n) is 2.30. The molecule has 0 bridgehead atoms. The van der Waals surface area contributed by atoms with Gasteiger partial charge in [-0.3, -0.25) is 4.79 Å². The van der Waals surface area contributed by atoms with Crippen molar-refractivity contribution in [3.63, 3.8) is 0 Å². The molecule has 0 saturated carbocycles. The summed E-state index contributed by atoms with van der Waals surface area (Å²) in [6.45, 7) is 1.16. The van der Waals surface area contributed by atoms with E-state index in [1.807, 2.05) is 18.2 Å². The number of amides is 1. The summed E-state index contributed by atoms with van der Waals surface area (Å²) < 4.78 is 11.0. The highest BCUT2D eigenvalue weighted by Gasteiger charge is 2.27. The average molecular weight is 295 g/mol. The molecule has 1 amide bonds. The lowest BCUT2D eigenvalue weighted by Crippen LogP contribution is -2.37. The van der Waals surface area contributed by atoms with Crippen LogP contribution in [0.2, 0.25) is 0 Å². The van der Waals surface area contributed by atoms with Crippen molar-refractivity contribution >= 4 is 17.7 Å². The molecule has 0 aliphatic carbocycles. The second kappa shape index (κ2) is 7.43. The molecule has 2 rings (SSSR count). The van der Waals surface area contributed by atoms with Crippen molar-refractivity contribution in [1.29, 1.82) is 0 Å². The van der Waals surface area contributed by atoms with Crippen LogP contribution in [0.4, 0.5) is 0 Å². The normalized spacial score (nSPS) is 17.0. The molecule has 1 N–H and O–H groups in total. The van der Waals surface area contributed by atoms with E-state index in [2.05, 4.69) is 11.6 Å². The van der Waals surface area contributed by atoms with Gasteiger partial charge in [-0.25, -0.2) is 0 Å². The minimum absolute atomic E-state index is 0.0829. The SMILES string of the molecule is COc1cccc2c1OCC(C(=O)NCCCSC)C2. The van der Waals surface area contributed by atoms with Crippen molar-refractivity contribution in [2.75, 3.05) is 32.3 Å². The fourth-order valence-corrected chi connectivity index (χ4v) is 2.73. The van der Waals surface area contributed by atoms with Crippen molar-refractivity contribution in [2.24, 2.45) is 5.92 Å². The van der Waals surface area contributed by atoms with Crippen LogP contribution in [0.15, 0.2) is 18.2 Å². The number of carbonyl (C=O) groups excluding carboxylic acids is 1. The number of methoxy groups -OCH3 is 1. The summed E-state index contributed by atoms with van der Waals surface area (Å²) in [5.41, 5.74) is 1.04. The molecule has 0 radical (unpaired) electrons. The molecule has 1 aliphatic rings. The molecule has 1 aliphatic heterocycles. The zero-order chi connectivity index (χ0) is 14.4. The van der Waals surface area contributed by atoms with Gasteiger partial charge in [-0.15, -0.1) is 0 Å². The summed E-state index contributed by atoms with van der Waals surface area (Å²) in [4.78, 5) is 12.1. The molecule has 0 aromatic heterocycles. The van der Waals surface area contributed by atoms with Crippen molar-refractivity contribution < 1.29 is 14.3 Å². The molecule has 1 atom stereocenters. The molecule has 1 aromatic carbocycles. The van der Waals surface area contributed by atoms with E-state index in [9.17, 15) is 4.79 Å². The van der Waals surface area contributed by atoms with Crippen LogP contribution in [0, 0.1) is 5.92 Å². The molecule has 0 saturated heterocycles. The summed E-state index contributed by atoms with van der Waals surface area (Å²) in [7, 11) is 1.63. The van der Waals surface area contributed by atoms with Crippen LogP contribution in [0.25, 0.3) is 0 Å². The molecule has 0 spiro atoms. The number of nitrogens with one attached hydrogen (secondary N) is 1. The number of hydrogen-bond acceptors (Lipinski definition) is 4. The quantitative estimate of drug-likeness (QED) is 0.817. The molecule has 0 fully saturated rings. The van der Waals surface area contributed by atoms with Gasteiger partial charge in [0.2, 0.25) is 5.91 Å². The van der Waals surface area contributed by atoms with Crippen LogP contribution in [0.3, 0.4) is 0 Å². The van der Waals surface area contributed by atoms with Gasteiger partial charge in [-0.1, -0.05) is 12.1 Å². The maximum Gasteiger partial charge on any atom is 0.226 e. The minimum Gasteiger partial charge on any atom is -0.493 e. The first-order chi connectivity index (χ1) is 9.76. The predicted molar refractivity (Wildman–Crippen MR) is 81.7 cm³/mol. The second-order valence-corrected chi connectivity index (χ2v) is 5.78. The van der Waals surface area contributed by atoms with Crippen molar-refractivity contribution in [1.82, 2.24) is 5.32 Å². The highest BCUT2D eigenvalue weighted by atomic mass is 32.2. The molecule has 4 nitrogen and oxygen atoms in total. The van der Waals surface area contributed by atoms with Crippen LogP contribution in [-0.2, 0) is 11.2 Å². The Morgan fingerprint density at radius 2 is 2.40 bits per heavy atom. The lowest BCUT2D eigenvalue weighted by Gasteiger charge is -2.25. The Hall–Kier alpha value is -1.36. The highest BCUT2D eigenvalue weighted by molar-refractivity contribution is 7.98. The van der Waals surface area contributed by atoms with Gasteiger partial charge in [-0.2, -0.15) is 11.8 Å². The average Bonchev–Trinajstić information content (AvgIpc) is 2.50. The lowest BCUT2D eigenvalue weighted by molar-refractivity contribution is -0.126. The summed E-state index contributed by atoms with van der Waals surface area (Å²) in [6.07, 6.45) is 3.78. The summed E-state index contributed by atoms with van der Waals surface area (Å²) in [6, 6.07) is 5.80. The van der Waals surface area contributed by atoms with Crippen LogP contribution in [-0.4, -0.2) is 38.2 Å². The maximum atomic E-state index is 12.1. The maximum absolute atomic E-state index is 12.1. The van der Waals surface area contributed by atoms with E-state index in [4.69, 9.17) is 9.47 Å². The number of thioether (sulfide) groups is 1. The molecule has 1 heterocycles. The van der Waals surface area contributed by atoms with Gasteiger partial charge in [-0.05, 0) is 36.5 Å². The van der Waals surface area contributed by atoms with Gasteiger partial charge >= 0.3 is 0 Å². The first-order valence-corrected chi connectivity index (χ1v) is 8.21. The Bertz CT molecular complexity index is 464. The molecular formula is C15H21NO3S. The zero-order valence-corrected chi connectivity index (χ0v) is 12.8. The summed E-state index contributed by atoms with van der Waals surface area (Å²) in [5.74, 6) is 2.56. The summed E-state index contributed by atoms with van der Waals surface area (Å²) in [5, 5.41) is 2.98. The Morgan fingerprint density at radius 3 is 3.15 bits per heavy atom. The molecular weight excluding hydrogens is 274 g/mol. The number of carbonyl (C=O) groups is 1. The van der Waals surface area contributed by atoms with Crippen LogP contribution in [0.5, 0.6) is 11.5 Å². The van der Waals surface area contributed by atoms with E-state index in [1.165, 1.54) is 0 Å². The second-order valence-electron chi connectivity index (χ2n) is 4.80. The van der Waals surface area contributed by atoms with E-state index < -0.39 is 0 Å². The Kier molecular flexibility index (Phi) is 5.59. The van der Waals surface area contributed by atoms with Gasteiger partial charge in [0.25, 0.3) is 0 Å². The number of hydrogen-bond donors (Lipinski definition) is 1. The third-order valence-corrected chi connectivity index (χ3v) is 4.07. The van der Waals surface area contributed by atoms with Crippen LogP contribution >= 0.6 is 11.8 Å². The topological polar surface area (TPSA) is 47.6 Å². The standard InChI is InChI=1S/C15H21NO3S/c1-18-13-6-3-5-11-9-12(10-19-14(11)13)15(17)16-7-4-8-20-2/h3,5-6,12H,4,7-10H2,1-2H3,(H,16,17). The van der Waals surface area contributed by atoms with E-state index in [-0.39, 0.29) is 11.8 Å². The number of benzene rings is 1. The van der Waals surface area contributed by atoms with E-state index in [0.29, 0.717) is 13.0 Å². The Labute approximate surface area is 124 Å². The lowest BCUT2D eigenvalue weighted by atomic mass is 9.95. The Morgan fingerprint density at radius 1 is 1.55 bits per heavy atom. The monoisotopic (exact) mass is 295 g/mol. The summed E-state index contributed by atoms with van der Waals surface area (Å²) >= 11 is 1.79. The van der Waals surface area contributed by atoms with Gasteiger partial charge in [0.05, 0.1) is 13.0 Å². The van der Waals surface area contributed by atoms with Crippen LogP contribution < -0.4 is 14.8 Å². The first kappa shape index (κ1) is 15.0. The van der Waals surface area contributed by atoms with E-state index in [1.54, 1.807) is 18.9 Å². The number of ether oxygens (including phenoxy) is 2. The number of rotatable bonds is 6. The molecule has 110 valence electrons. The Balaban J connectivity index is 1.92. The number of para-hydroxylation sites is 1. The molecule has 5 heteroatoms. The van der Waals surface area contributed by atoms with Crippen LogP contribution in [0.1, 0.15) is 12.0 Å².